The van der Waals surface area contributed by atoms with Crippen molar-refractivity contribution in [3.63, 3.8) is 0 Å². The van der Waals surface area contributed by atoms with E-state index in [1.807, 2.05) is 6.92 Å². The van der Waals surface area contributed by atoms with E-state index < -0.39 is 21.0 Å². The second-order valence-corrected chi connectivity index (χ2v) is 6.74. The monoisotopic (exact) mass is 309 g/mol. The third-order valence-electron chi connectivity index (χ3n) is 3.19. The second-order valence-electron chi connectivity index (χ2n) is 4.67. The summed E-state index contributed by atoms with van der Waals surface area (Å²) >= 11 is 0. The first-order valence-electron chi connectivity index (χ1n) is 6.26. The van der Waals surface area contributed by atoms with Crippen molar-refractivity contribution in [3.8, 4) is 5.75 Å². The van der Waals surface area contributed by atoms with Gasteiger partial charge < -0.3 is 10.5 Å². The molecule has 0 aliphatic rings. The molecule has 0 aliphatic heterocycles. The quantitative estimate of drug-likeness (QED) is 0.942. The average Bonchev–Trinajstić information content (AvgIpc) is 2.46. The zero-order valence-electron chi connectivity index (χ0n) is 11.7. The molecular weight excluding hydrogens is 293 g/mol. The standard InChI is InChI=1S/C15H16FNO3S/c1-10-3-6-12(7-4-10)21(18,19)15(17)11-5-8-14(20-2)13(16)9-11/h3-9,15H,17H2,1-2H3. The number of hydrogen-bond donors (Lipinski definition) is 1. The first kappa shape index (κ1) is 15.5. The number of hydrogen-bond acceptors (Lipinski definition) is 4. The van der Waals surface area contributed by atoms with Gasteiger partial charge in [0.15, 0.2) is 21.4 Å². The maximum absolute atomic E-state index is 13.7. The fraction of sp³-hybridized carbons (Fsp3) is 0.200. The van der Waals surface area contributed by atoms with Crippen molar-refractivity contribution < 1.29 is 17.5 Å². The van der Waals surface area contributed by atoms with Crippen LogP contribution in [-0.4, -0.2) is 15.5 Å². The Hall–Kier alpha value is -1.92. The van der Waals surface area contributed by atoms with Crippen molar-refractivity contribution in [2.75, 3.05) is 7.11 Å². The van der Waals surface area contributed by atoms with Gasteiger partial charge in [-0.2, -0.15) is 0 Å². The van der Waals surface area contributed by atoms with Crippen LogP contribution < -0.4 is 10.5 Å². The lowest BCUT2D eigenvalue weighted by Gasteiger charge is -2.14. The molecule has 0 fully saturated rings. The molecule has 1 unspecified atom stereocenters. The molecule has 0 aromatic heterocycles. The molecule has 0 bridgehead atoms. The van der Waals surface area contributed by atoms with Crippen LogP contribution in [0.5, 0.6) is 5.75 Å². The van der Waals surface area contributed by atoms with E-state index >= 15 is 0 Å². The highest BCUT2D eigenvalue weighted by molar-refractivity contribution is 7.91. The third kappa shape index (κ3) is 3.06. The van der Waals surface area contributed by atoms with E-state index in [2.05, 4.69) is 0 Å². The van der Waals surface area contributed by atoms with Crippen LogP contribution >= 0.6 is 0 Å². The minimum atomic E-state index is -3.77. The molecule has 4 nitrogen and oxygen atoms in total. The number of aryl methyl sites for hydroxylation is 1. The molecule has 2 rings (SSSR count). The van der Waals surface area contributed by atoms with E-state index in [-0.39, 0.29) is 16.2 Å². The summed E-state index contributed by atoms with van der Waals surface area (Å²) in [6.45, 7) is 1.86. The highest BCUT2D eigenvalue weighted by atomic mass is 32.2. The highest BCUT2D eigenvalue weighted by Crippen LogP contribution is 2.27. The Morgan fingerprint density at radius 1 is 1.14 bits per heavy atom. The SMILES string of the molecule is COc1ccc(C(N)S(=O)(=O)c2ccc(C)cc2)cc1F. The van der Waals surface area contributed by atoms with Crippen LogP contribution in [-0.2, 0) is 9.84 Å². The van der Waals surface area contributed by atoms with Gasteiger partial charge in [-0.15, -0.1) is 0 Å². The van der Waals surface area contributed by atoms with Crippen molar-refractivity contribution in [1.29, 1.82) is 0 Å². The van der Waals surface area contributed by atoms with Crippen LogP contribution in [0.4, 0.5) is 4.39 Å². The molecule has 0 amide bonds. The second kappa shape index (κ2) is 5.83. The predicted molar refractivity (Wildman–Crippen MR) is 78.2 cm³/mol. The lowest BCUT2D eigenvalue weighted by molar-refractivity contribution is 0.386. The van der Waals surface area contributed by atoms with E-state index in [0.717, 1.165) is 11.6 Å². The van der Waals surface area contributed by atoms with Crippen LogP contribution in [0, 0.1) is 12.7 Å². The summed E-state index contributed by atoms with van der Waals surface area (Å²) in [5.41, 5.74) is 6.93. The molecule has 6 heteroatoms. The maximum atomic E-state index is 13.7. The van der Waals surface area contributed by atoms with E-state index in [1.165, 1.54) is 31.4 Å². The summed E-state index contributed by atoms with van der Waals surface area (Å²) in [5.74, 6) is -0.608. The Balaban J connectivity index is 2.40. The number of ether oxygens (including phenoxy) is 1. The van der Waals surface area contributed by atoms with E-state index in [4.69, 9.17) is 10.5 Å². The van der Waals surface area contributed by atoms with Gasteiger partial charge in [-0.25, -0.2) is 12.8 Å². The molecular formula is C15H16FNO3S. The third-order valence-corrected chi connectivity index (χ3v) is 5.06. The van der Waals surface area contributed by atoms with E-state index in [1.54, 1.807) is 12.1 Å². The van der Waals surface area contributed by atoms with Gasteiger partial charge >= 0.3 is 0 Å². The van der Waals surface area contributed by atoms with Crippen molar-refractivity contribution in [1.82, 2.24) is 0 Å². The minimum Gasteiger partial charge on any atom is -0.494 e. The normalized spacial score (nSPS) is 13.0. The smallest absolute Gasteiger partial charge is 0.198 e. The number of sulfone groups is 1. The lowest BCUT2D eigenvalue weighted by atomic mass is 10.2. The van der Waals surface area contributed by atoms with Crippen LogP contribution in [0.3, 0.4) is 0 Å². The lowest BCUT2D eigenvalue weighted by Crippen LogP contribution is -2.22. The molecule has 0 saturated carbocycles. The van der Waals surface area contributed by atoms with Gasteiger partial charge in [0.25, 0.3) is 0 Å². The number of halogens is 1. The average molecular weight is 309 g/mol. The molecule has 2 aromatic rings. The predicted octanol–water partition coefficient (Wildman–Crippen LogP) is 2.57. The van der Waals surface area contributed by atoms with Crippen LogP contribution in [0.2, 0.25) is 0 Å². The molecule has 0 aliphatic carbocycles. The summed E-state index contributed by atoms with van der Waals surface area (Å²) in [4.78, 5) is 0.108. The molecule has 0 heterocycles. The molecule has 1 atom stereocenters. The molecule has 0 spiro atoms. The zero-order chi connectivity index (χ0) is 15.6. The summed E-state index contributed by atoms with van der Waals surface area (Å²) in [5, 5.41) is -1.33. The Kier molecular flexibility index (Phi) is 4.29. The fourth-order valence-corrected chi connectivity index (χ4v) is 3.23. The Morgan fingerprint density at radius 3 is 2.29 bits per heavy atom. The Bertz CT molecular complexity index is 742. The van der Waals surface area contributed by atoms with Crippen LogP contribution in [0.25, 0.3) is 0 Å². The van der Waals surface area contributed by atoms with Crippen molar-refractivity contribution in [3.05, 3.63) is 59.4 Å². The zero-order valence-corrected chi connectivity index (χ0v) is 12.5. The van der Waals surface area contributed by atoms with Gasteiger partial charge in [-0.1, -0.05) is 23.8 Å². The summed E-state index contributed by atoms with van der Waals surface area (Å²) in [6, 6.07) is 10.2. The Morgan fingerprint density at radius 2 is 1.76 bits per heavy atom. The minimum absolute atomic E-state index is 0.0404. The molecule has 112 valence electrons. The summed E-state index contributed by atoms with van der Waals surface area (Å²) in [6.07, 6.45) is 0. The molecule has 2 N–H and O–H groups in total. The fourth-order valence-electron chi connectivity index (χ4n) is 1.91. The molecule has 2 aromatic carbocycles. The van der Waals surface area contributed by atoms with Gasteiger partial charge in [-0.05, 0) is 36.8 Å². The summed E-state index contributed by atoms with van der Waals surface area (Å²) in [7, 11) is -2.44. The largest absolute Gasteiger partial charge is 0.494 e. The first-order chi connectivity index (χ1) is 9.86. The number of rotatable bonds is 4. The van der Waals surface area contributed by atoms with Gasteiger partial charge in [0, 0.05) is 0 Å². The van der Waals surface area contributed by atoms with Gasteiger partial charge in [0.1, 0.15) is 5.37 Å². The first-order valence-corrected chi connectivity index (χ1v) is 7.80. The van der Waals surface area contributed by atoms with Crippen LogP contribution in [0.15, 0.2) is 47.4 Å². The van der Waals surface area contributed by atoms with Crippen molar-refractivity contribution >= 4 is 9.84 Å². The summed E-state index contributed by atoms with van der Waals surface area (Å²) < 4.78 is 43.3. The van der Waals surface area contributed by atoms with Crippen LogP contribution in [0.1, 0.15) is 16.5 Å². The Labute approximate surface area is 123 Å². The van der Waals surface area contributed by atoms with Crippen molar-refractivity contribution in [2.45, 2.75) is 17.2 Å². The molecule has 0 radical (unpaired) electrons. The number of methoxy groups -OCH3 is 1. The topological polar surface area (TPSA) is 69.4 Å². The number of benzene rings is 2. The van der Waals surface area contributed by atoms with Gasteiger partial charge in [0.05, 0.1) is 12.0 Å². The van der Waals surface area contributed by atoms with Crippen molar-refractivity contribution in [2.24, 2.45) is 5.73 Å². The van der Waals surface area contributed by atoms with E-state index in [9.17, 15) is 12.8 Å². The highest BCUT2D eigenvalue weighted by Gasteiger charge is 2.26. The van der Waals surface area contributed by atoms with Gasteiger partial charge in [-0.3, -0.25) is 0 Å². The van der Waals surface area contributed by atoms with Gasteiger partial charge in [0.2, 0.25) is 0 Å². The van der Waals surface area contributed by atoms with E-state index in [0.29, 0.717) is 0 Å². The molecule has 21 heavy (non-hydrogen) atoms. The number of nitrogens with two attached hydrogens (primary N) is 1. The molecule has 0 saturated heterocycles. The maximum Gasteiger partial charge on any atom is 0.198 e.